The van der Waals surface area contributed by atoms with Crippen molar-refractivity contribution < 1.29 is 4.42 Å². The summed E-state index contributed by atoms with van der Waals surface area (Å²) in [5.74, 6) is 0.622. The number of nitrogens with zero attached hydrogens (tertiary/aromatic N) is 2. The Kier molecular flexibility index (Phi) is 4.32. The summed E-state index contributed by atoms with van der Waals surface area (Å²) in [5, 5.41) is 1.24. The largest absolute Gasteiger partial charge is 0.437 e. The zero-order chi connectivity index (χ0) is 20.7. The average Bonchev–Trinajstić information content (AvgIpc) is 3.35. The van der Waals surface area contributed by atoms with Crippen molar-refractivity contribution in [2.45, 2.75) is 26.2 Å². The molecule has 0 saturated carbocycles. The molecule has 3 nitrogen and oxygen atoms in total. The van der Waals surface area contributed by atoms with Crippen LogP contribution in [0.1, 0.15) is 37.8 Å². The van der Waals surface area contributed by atoms with Gasteiger partial charge in [-0.15, -0.1) is 0 Å². The van der Waals surface area contributed by atoms with Gasteiger partial charge < -0.3 is 8.98 Å². The van der Waals surface area contributed by atoms with E-state index in [1.807, 2.05) is 18.2 Å². The molecule has 0 aliphatic heterocycles. The number of oxazole rings is 1. The van der Waals surface area contributed by atoms with Crippen LogP contribution in [0.15, 0.2) is 83.4 Å². The first-order chi connectivity index (χ1) is 14.5. The summed E-state index contributed by atoms with van der Waals surface area (Å²) in [6, 6.07) is 25.3. The van der Waals surface area contributed by atoms with Crippen LogP contribution in [0.5, 0.6) is 0 Å². The van der Waals surface area contributed by atoms with Gasteiger partial charge in [0.15, 0.2) is 5.58 Å². The van der Waals surface area contributed by atoms with Crippen LogP contribution in [-0.2, 0) is 5.41 Å². The van der Waals surface area contributed by atoms with E-state index < -0.39 is 0 Å². The standard InChI is InChI=1S/C27H24N2O/c1-27(2,3)21-11-14-25-23(18-21)28-26(30-25)15-10-19-8-12-22(13-9-19)29-17-16-20-6-4-5-7-24(20)29/h4-18H,1-3H3. The Morgan fingerprint density at radius 3 is 2.47 bits per heavy atom. The van der Waals surface area contributed by atoms with E-state index in [9.17, 15) is 0 Å². The van der Waals surface area contributed by atoms with Gasteiger partial charge in [-0.05, 0) is 64.4 Å². The molecule has 5 rings (SSSR count). The summed E-state index contributed by atoms with van der Waals surface area (Å²) in [6.45, 7) is 6.61. The van der Waals surface area contributed by atoms with E-state index in [4.69, 9.17) is 4.42 Å². The molecule has 0 unspecified atom stereocenters. The fourth-order valence-corrected chi connectivity index (χ4v) is 3.70. The maximum Gasteiger partial charge on any atom is 0.220 e. The molecule has 2 aromatic heterocycles. The highest BCUT2D eigenvalue weighted by Crippen LogP contribution is 2.27. The smallest absolute Gasteiger partial charge is 0.220 e. The number of aromatic nitrogens is 2. The van der Waals surface area contributed by atoms with E-state index in [0.717, 1.165) is 22.4 Å². The molecule has 0 bridgehead atoms. The van der Waals surface area contributed by atoms with Crippen molar-refractivity contribution in [1.29, 1.82) is 0 Å². The predicted octanol–water partition coefficient (Wildman–Crippen LogP) is 7.24. The monoisotopic (exact) mass is 392 g/mol. The van der Waals surface area contributed by atoms with Crippen LogP contribution in [0, 0.1) is 0 Å². The molecule has 0 saturated heterocycles. The molecule has 0 amide bonds. The van der Waals surface area contributed by atoms with Crippen LogP contribution >= 0.6 is 0 Å². The van der Waals surface area contributed by atoms with Gasteiger partial charge >= 0.3 is 0 Å². The maximum absolute atomic E-state index is 5.89. The van der Waals surface area contributed by atoms with E-state index in [1.165, 1.54) is 16.5 Å². The minimum atomic E-state index is 0.0932. The first-order valence-corrected chi connectivity index (χ1v) is 10.2. The normalized spacial score (nSPS) is 12.4. The first kappa shape index (κ1) is 18.4. The Labute approximate surface area is 176 Å². The van der Waals surface area contributed by atoms with Gasteiger partial charge in [0.05, 0.1) is 5.52 Å². The highest BCUT2D eigenvalue weighted by Gasteiger charge is 2.15. The topological polar surface area (TPSA) is 31.0 Å². The maximum atomic E-state index is 5.89. The van der Waals surface area contributed by atoms with Gasteiger partial charge in [-0.3, -0.25) is 0 Å². The molecule has 0 spiro atoms. The average molecular weight is 393 g/mol. The van der Waals surface area contributed by atoms with Crippen molar-refractivity contribution in [3.8, 4) is 5.69 Å². The SMILES string of the molecule is CC(C)(C)c1ccc2oc(C=Cc3ccc(-n4ccc5ccccc54)cc3)nc2c1. The Morgan fingerprint density at radius 1 is 0.867 bits per heavy atom. The molecular formula is C27H24N2O. The predicted molar refractivity (Wildman–Crippen MR) is 125 cm³/mol. The molecular weight excluding hydrogens is 368 g/mol. The molecule has 2 heterocycles. The second-order valence-corrected chi connectivity index (χ2v) is 8.65. The van der Waals surface area contributed by atoms with Crippen molar-refractivity contribution >= 4 is 34.2 Å². The lowest BCUT2D eigenvalue weighted by atomic mass is 9.87. The van der Waals surface area contributed by atoms with E-state index in [1.54, 1.807) is 0 Å². The fraction of sp³-hybridized carbons (Fsp3) is 0.148. The molecule has 148 valence electrons. The second-order valence-electron chi connectivity index (χ2n) is 8.65. The number of benzene rings is 3. The van der Waals surface area contributed by atoms with Gasteiger partial charge in [0.25, 0.3) is 0 Å². The van der Waals surface area contributed by atoms with Crippen LogP contribution in [0.3, 0.4) is 0 Å². The summed E-state index contributed by atoms with van der Waals surface area (Å²) < 4.78 is 8.09. The van der Waals surface area contributed by atoms with Crippen molar-refractivity contribution in [2.75, 3.05) is 0 Å². The summed E-state index contributed by atoms with van der Waals surface area (Å²) in [6.07, 6.45) is 6.07. The quantitative estimate of drug-likeness (QED) is 0.324. The van der Waals surface area contributed by atoms with E-state index >= 15 is 0 Å². The molecule has 0 atom stereocenters. The molecule has 0 aliphatic rings. The molecule has 0 aliphatic carbocycles. The lowest BCUT2D eigenvalue weighted by Crippen LogP contribution is -2.10. The molecule has 0 fully saturated rings. The summed E-state index contributed by atoms with van der Waals surface area (Å²) in [4.78, 5) is 4.64. The summed E-state index contributed by atoms with van der Waals surface area (Å²) in [7, 11) is 0. The van der Waals surface area contributed by atoms with Crippen LogP contribution < -0.4 is 0 Å². The van der Waals surface area contributed by atoms with E-state index in [2.05, 4.69) is 103 Å². The third kappa shape index (κ3) is 3.43. The number of para-hydroxylation sites is 1. The van der Waals surface area contributed by atoms with E-state index in [0.29, 0.717) is 5.89 Å². The van der Waals surface area contributed by atoms with Crippen molar-refractivity contribution in [3.05, 3.63) is 96.0 Å². The van der Waals surface area contributed by atoms with Crippen LogP contribution in [0.4, 0.5) is 0 Å². The minimum absolute atomic E-state index is 0.0932. The molecule has 3 heteroatoms. The van der Waals surface area contributed by atoms with Gasteiger partial charge in [-0.25, -0.2) is 4.98 Å². The molecule has 5 aromatic rings. The third-order valence-corrected chi connectivity index (χ3v) is 5.46. The van der Waals surface area contributed by atoms with Gasteiger partial charge in [0.2, 0.25) is 5.89 Å². The second kappa shape index (κ2) is 7.03. The highest BCUT2D eigenvalue weighted by atomic mass is 16.3. The lowest BCUT2D eigenvalue weighted by Gasteiger charge is -2.18. The number of fused-ring (bicyclic) bond motifs is 2. The fourth-order valence-electron chi connectivity index (χ4n) is 3.70. The molecule has 0 radical (unpaired) electrons. The van der Waals surface area contributed by atoms with Crippen LogP contribution in [0.25, 0.3) is 39.8 Å². The van der Waals surface area contributed by atoms with Crippen LogP contribution in [-0.4, -0.2) is 9.55 Å². The lowest BCUT2D eigenvalue weighted by molar-refractivity contribution is 0.585. The first-order valence-electron chi connectivity index (χ1n) is 10.2. The van der Waals surface area contributed by atoms with E-state index in [-0.39, 0.29) is 5.41 Å². The van der Waals surface area contributed by atoms with Gasteiger partial charge in [-0.2, -0.15) is 0 Å². The van der Waals surface area contributed by atoms with Crippen LogP contribution in [0.2, 0.25) is 0 Å². The van der Waals surface area contributed by atoms with Gasteiger partial charge in [0.1, 0.15) is 5.52 Å². The van der Waals surface area contributed by atoms with Gasteiger partial charge in [-0.1, -0.05) is 57.2 Å². The van der Waals surface area contributed by atoms with Crippen molar-refractivity contribution in [1.82, 2.24) is 9.55 Å². The zero-order valence-corrected chi connectivity index (χ0v) is 17.5. The Balaban J connectivity index is 1.39. The summed E-state index contributed by atoms with van der Waals surface area (Å²) in [5.41, 5.74) is 6.52. The summed E-state index contributed by atoms with van der Waals surface area (Å²) >= 11 is 0. The Morgan fingerprint density at radius 2 is 1.67 bits per heavy atom. The Bertz CT molecular complexity index is 1360. The number of hydrogen-bond acceptors (Lipinski definition) is 2. The minimum Gasteiger partial charge on any atom is -0.437 e. The zero-order valence-electron chi connectivity index (χ0n) is 17.5. The Hall–Kier alpha value is -3.59. The van der Waals surface area contributed by atoms with Crippen molar-refractivity contribution in [3.63, 3.8) is 0 Å². The third-order valence-electron chi connectivity index (χ3n) is 5.46. The molecule has 3 aromatic carbocycles. The van der Waals surface area contributed by atoms with Crippen molar-refractivity contribution in [2.24, 2.45) is 0 Å². The number of rotatable bonds is 3. The van der Waals surface area contributed by atoms with Gasteiger partial charge in [0, 0.05) is 18.0 Å². The molecule has 30 heavy (non-hydrogen) atoms. The molecule has 0 N–H and O–H groups in total. The highest BCUT2D eigenvalue weighted by molar-refractivity contribution is 5.82. The number of hydrogen-bond donors (Lipinski definition) is 0.